The van der Waals surface area contributed by atoms with Crippen LogP contribution in [0.15, 0.2) is 30.3 Å². The van der Waals surface area contributed by atoms with Crippen molar-refractivity contribution in [2.45, 2.75) is 19.1 Å². The van der Waals surface area contributed by atoms with Crippen molar-refractivity contribution in [3.05, 3.63) is 51.2 Å². The Morgan fingerprint density at radius 1 is 1.24 bits per heavy atom. The summed E-state index contributed by atoms with van der Waals surface area (Å²) in [4.78, 5) is 29.1. The number of thiophene rings is 1. The lowest BCUT2D eigenvalue weighted by Gasteiger charge is -2.41. The molecule has 2 aromatic rings. The number of piperazine rings is 1. The molecule has 1 aliphatic rings. The maximum absolute atomic E-state index is 13.2. The number of amides is 2. The van der Waals surface area contributed by atoms with Gasteiger partial charge in [-0.15, -0.1) is 11.3 Å². The van der Waals surface area contributed by atoms with E-state index >= 15 is 0 Å². The summed E-state index contributed by atoms with van der Waals surface area (Å²) in [5.74, 6) is -1.07. The van der Waals surface area contributed by atoms with Crippen LogP contribution < -0.4 is 10.6 Å². The third-order valence-electron chi connectivity index (χ3n) is 4.71. The molecule has 2 amide bonds. The SMILES string of the molecule is Cc1ccc(C(=O)N2CCN(c3ccc(C#N)c(C(F)(F)F)c3)CC2C(N)=O)s1. The standard InChI is InChI=1S/C19H17F3N4O2S/c1-11-2-5-16(29-11)18(28)26-7-6-25(10-15(26)17(24)27)13-4-3-12(9-23)14(8-13)19(20,21)22/h2-5,8,15H,6-7,10H2,1H3,(H2,24,27). The highest BCUT2D eigenvalue weighted by atomic mass is 32.1. The van der Waals surface area contributed by atoms with Crippen LogP contribution in [0, 0.1) is 18.3 Å². The first-order valence-corrected chi connectivity index (χ1v) is 9.46. The molecular weight excluding hydrogens is 405 g/mol. The monoisotopic (exact) mass is 422 g/mol. The molecule has 1 aromatic heterocycles. The van der Waals surface area contributed by atoms with E-state index in [9.17, 15) is 22.8 Å². The van der Waals surface area contributed by atoms with E-state index in [-0.39, 0.29) is 31.2 Å². The minimum atomic E-state index is -4.68. The molecule has 1 atom stereocenters. The van der Waals surface area contributed by atoms with Crippen LogP contribution in [0.5, 0.6) is 0 Å². The molecule has 0 radical (unpaired) electrons. The Hall–Kier alpha value is -3.06. The van der Waals surface area contributed by atoms with Gasteiger partial charge in [0.2, 0.25) is 5.91 Å². The molecule has 1 aromatic carbocycles. The second-order valence-corrected chi connectivity index (χ2v) is 7.90. The van der Waals surface area contributed by atoms with Crippen LogP contribution in [-0.2, 0) is 11.0 Å². The fraction of sp³-hybridized carbons (Fsp3) is 0.316. The topological polar surface area (TPSA) is 90.4 Å². The zero-order chi connectivity index (χ0) is 21.3. The van der Waals surface area contributed by atoms with E-state index in [0.29, 0.717) is 4.88 Å². The smallest absolute Gasteiger partial charge is 0.368 e. The normalized spacial score (nSPS) is 17.1. The van der Waals surface area contributed by atoms with Crippen molar-refractivity contribution >= 4 is 28.8 Å². The van der Waals surface area contributed by atoms with E-state index in [2.05, 4.69) is 0 Å². The number of nitrogens with two attached hydrogens (primary N) is 1. The second-order valence-electron chi connectivity index (χ2n) is 6.61. The molecule has 1 fully saturated rings. The molecule has 152 valence electrons. The molecular formula is C19H17F3N4O2S. The lowest BCUT2D eigenvalue weighted by Crippen LogP contribution is -2.60. The van der Waals surface area contributed by atoms with Gasteiger partial charge in [-0.25, -0.2) is 0 Å². The predicted molar refractivity (Wildman–Crippen MR) is 101 cm³/mol. The number of carbonyl (C=O) groups excluding carboxylic acids is 2. The van der Waals surface area contributed by atoms with Gasteiger partial charge >= 0.3 is 6.18 Å². The summed E-state index contributed by atoms with van der Waals surface area (Å²) in [7, 11) is 0. The first-order chi connectivity index (χ1) is 13.6. The number of aryl methyl sites for hydroxylation is 1. The van der Waals surface area contributed by atoms with Crippen molar-refractivity contribution in [2.24, 2.45) is 5.73 Å². The number of nitriles is 1. The number of nitrogens with zero attached hydrogens (tertiary/aromatic N) is 3. The zero-order valence-electron chi connectivity index (χ0n) is 15.4. The molecule has 29 heavy (non-hydrogen) atoms. The van der Waals surface area contributed by atoms with Crippen LogP contribution in [0.3, 0.4) is 0 Å². The minimum Gasteiger partial charge on any atom is -0.368 e. The van der Waals surface area contributed by atoms with E-state index in [4.69, 9.17) is 11.0 Å². The Labute approximate surface area is 168 Å². The third-order valence-corrected chi connectivity index (χ3v) is 5.70. The van der Waals surface area contributed by atoms with Gasteiger partial charge in [0.25, 0.3) is 5.91 Å². The number of anilines is 1. The van der Waals surface area contributed by atoms with E-state index in [0.717, 1.165) is 17.0 Å². The first kappa shape index (κ1) is 20.7. The number of hydrogen-bond acceptors (Lipinski definition) is 5. The number of benzene rings is 1. The highest BCUT2D eigenvalue weighted by molar-refractivity contribution is 7.13. The van der Waals surface area contributed by atoms with Gasteiger partial charge in [0.05, 0.1) is 22.1 Å². The highest BCUT2D eigenvalue weighted by Gasteiger charge is 2.37. The molecule has 2 N–H and O–H groups in total. The summed E-state index contributed by atoms with van der Waals surface area (Å²) in [6.45, 7) is 2.18. The maximum atomic E-state index is 13.2. The highest BCUT2D eigenvalue weighted by Crippen LogP contribution is 2.35. The first-order valence-electron chi connectivity index (χ1n) is 8.65. The van der Waals surface area contributed by atoms with Crippen molar-refractivity contribution in [1.82, 2.24) is 4.90 Å². The van der Waals surface area contributed by atoms with E-state index in [1.54, 1.807) is 17.0 Å². The fourth-order valence-electron chi connectivity index (χ4n) is 3.26. The second kappa shape index (κ2) is 7.75. The van der Waals surface area contributed by atoms with Gasteiger partial charge in [0.15, 0.2) is 0 Å². The molecule has 1 aliphatic heterocycles. The zero-order valence-corrected chi connectivity index (χ0v) is 16.2. The van der Waals surface area contributed by atoms with Crippen LogP contribution in [0.2, 0.25) is 0 Å². The summed E-state index contributed by atoms with van der Waals surface area (Å²) in [6.07, 6.45) is -4.68. The average Bonchev–Trinajstić information content (AvgIpc) is 3.12. The van der Waals surface area contributed by atoms with E-state index < -0.39 is 29.3 Å². The molecule has 0 bridgehead atoms. The van der Waals surface area contributed by atoms with Crippen molar-refractivity contribution in [3.8, 4) is 6.07 Å². The number of alkyl halides is 3. The number of carbonyl (C=O) groups is 2. The van der Waals surface area contributed by atoms with Crippen molar-refractivity contribution < 1.29 is 22.8 Å². The minimum absolute atomic E-state index is 0.0331. The predicted octanol–water partition coefficient (Wildman–Crippen LogP) is 2.76. The van der Waals surface area contributed by atoms with Crippen LogP contribution in [-0.4, -0.2) is 42.4 Å². The Balaban J connectivity index is 1.87. The van der Waals surface area contributed by atoms with Crippen molar-refractivity contribution in [3.63, 3.8) is 0 Å². The molecule has 6 nitrogen and oxygen atoms in total. The number of halogens is 3. The Morgan fingerprint density at radius 3 is 2.52 bits per heavy atom. The van der Waals surface area contributed by atoms with Gasteiger partial charge in [-0.2, -0.15) is 18.4 Å². The van der Waals surface area contributed by atoms with Gasteiger partial charge in [-0.1, -0.05) is 0 Å². The van der Waals surface area contributed by atoms with Crippen LogP contribution in [0.25, 0.3) is 0 Å². The van der Waals surface area contributed by atoms with E-state index in [1.165, 1.54) is 28.4 Å². The summed E-state index contributed by atoms with van der Waals surface area (Å²) in [5, 5.41) is 8.94. The van der Waals surface area contributed by atoms with Crippen molar-refractivity contribution in [2.75, 3.05) is 24.5 Å². The molecule has 0 spiro atoms. The molecule has 0 saturated carbocycles. The number of rotatable bonds is 3. The molecule has 2 heterocycles. The summed E-state index contributed by atoms with van der Waals surface area (Å²) >= 11 is 1.30. The van der Waals surface area contributed by atoms with E-state index in [1.807, 2.05) is 6.92 Å². The van der Waals surface area contributed by atoms with Crippen molar-refractivity contribution in [1.29, 1.82) is 5.26 Å². The average molecular weight is 422 g/mol. The molecule has 1 saturated heterocycles. The fourth-order valence-corrected chi connectivity index (χ4v) is 4.08. The third kappa shape index (κ3) is 4.19. The molecule has 3 rings (SSSR count). The molecule has 10 heteroatoms. The van der Waals surface area contributed by atoms with Gasteiger partial charge in [0.1, 0.15) is 6.04 Å². The van der Waals surface area contributed by atoms with Crippen LogP contribution in [0.1, 0.15) is 25.7 Å². The van der Waals surface area contributed by atoms with Gasteiger partial charge in [0, 0.05) is 30.2 Å². The Bertz CT molecular complexity index is 996. The van der Waals surface area contributed by atoms with Gasteiger partial charge < -0.3 is 15.5 Å². The molecule has 0 aliphatic carbocycles. The summed E-state index contributed by atoms with van der Waals surface area (Å²) < 4.78 is 39.7. The van der Waals surface area contributed by atoms with Crippen LogP contribution >= 0.6 is 11.3 Å². The van der Waals surface area contributed by atoms with Gasteiger partial charge in [-0.05, 0) is 37.3 Å². The van der Waals surface area contributed by atoms with Crippen LogP contribution in [0.4, 0.5) is 18.9 Å². The Morgan fingerprint density at radius 2 is 1.97 bits per heavy atom. The lowest BCUT2D eigenvalue weighted by molar-refractivity contribution is -0.137. The largest absolute Gasteiger partial charge is 0.417 e. The number of primary amides is 1. The molecule has 1 unspecified atom stereocenters. The van der Waals surface area contributed by atoms with Gasteiger partial charge in [-0.3, -0.25) is 9.59 Å². The maximum Gasteiger partial charge on any atom is 0.417 e. The summed E-state index contributed by atoms with van der Waals surface area (Å²) in [6, 6.07) is 7.40. The summed E-state index contributed by atoms with van der Waals surface area (Å²) in [5.41, 5.74) is 4.18. The number of hydrogen-bond donors (Lipinski definition) is 1. The lowest BCUT2D eigenvalue weighted by atomic mass is 10.0. The Kier molecular flexibility index (Phi) is 5.53. The quantitative estimate of drug-likeness (QED) is 0.824.